The first-order valence-electron chi connectivity index (χ1n) is 24.6. The molecule has 0 heterocycles. The van der Waals surface area contributed by atoms with Gasteiger partial charge in [0, 0.05) is 5.56 Å². The summed E-state index contributed by atoms with van der Waals surface area (Å²) in [5.41, 5.74) is -26.8. The topological polar surface area (TPSA) is 17.1 Å². The Morgan fingerprint density at radius 3 is 0.729 bits per heavy atom. The minimum Gasteiger partial charge on any atom is -0.289 e. The van der Waals surface area contributed by atoms with Crippen molar-refractivity contribution in [2.45, 2.75) is 98.7 Å². The van der Waals surface area contributed by atoms with Crippen molar-refractivity contribution in [3.05, 3.63) is 213 Å². The first-order chi connectivity index (χ1) is 38.7. The van der Waals surface area contributed by atoms with Crippen LogP contribution in [-0.2, 0) is 60.3 Å². The number of carbonyl (C=O) groups excluding carboxylic acids is 1. The van der Waals surface area contributed by atoms with Crippen LogP contribution in [0, 0.1) is 0 Å². The summed E-state index contributed by atoms with van der Waals surface area (Å²) in [7, 11) is -0.274. The van der Waals surface area contributed by atoms with E-state index in [9.17, 15) is 110 Å². The molecular weight excluding hydrogens is 1210 g/mol. The summed E-state index contributed by atoms with van der Waals surface area (Å²) >= 11 is 0. The lowest BCUT2D eigenvalue weighted by atomic mass is 9.12. The zero-order chi connectivity index (χ0) is 64.0. The summed E-state index contributed by atoms with van der Waals surface area (Å²) in [5, 5.41) is 0. The van der Waals surface area contributed by atoms with E-state index < -0.39 is 195 Å². The van der Waals surface area contributed by atoms with E-state index in [0.717, 1.165) is 5.56 Å². The van der Waals surface area contributed by atoms with Gasteiger partial charge in [-0.05, 0) is 71.5 Å². The third kappa shape index (κ3) is 15.9. The van der Waals surface area contributed by atoms with Crippen LogP contribution in [0.3, 0.4) is 0 Å². The van der Waals surface area contributed by atoms with Gasteiger partial charge in [0.15, 0.2) is 15.5 Å². The van der Waals surface area contributed by atoms with E-state index in [-0.39, 0.29) is 16.7 Å². The SMILES string of the molecule is CC(C)c1ccc([S+](CC(=O)c2ccccc2)c2ccc(C(C)C)cc2)cc1.FC(F)(F)c1cc([B-](c2cc(C(F)(F)F)cc(C(F)(F)F)c2)(c2cc(C(F)(F)F)cc(C(F)(F)F)c2)c2cc(C(F)(F)F)cc(C(F)(F)F)c2)cc(C(F)(F)F)c1. The van der Waals surface area contributed by atoms with Gasteiger partial charge >= 0.3 is 49.4 Å². The Balaban J connectivity index is 0.000000343. The molecule has 0 aromatic heterocycles. The summed E-state index contributed by atoms with van der Waals surface area (Å²) in [6.45, 7) is 8.83. The number of alkyl halides is 24. The Hall–Kier alpha value is -7.06. The summed E-state index contributed by atoms with van der Waals surface area (Å²) in [5.74, 6) is 1.72. The number of carbonyl (C=O) groups is 1. The van der Waals surface area contributed by atoms with Crippen LogP contribution in [0.2, 0.25) is 0 Å². The minimum atomic E-state index is -6.13. The standard InChI is InChI=1S/C32H12BF24.C26H29OS/c34-25(35,36)13-1-14(26(37,38)39)6-21(5-13)33(22-7-15(27(40,41)42)2-16(8-22)28(43,44)45,23-9-17(29(46,47)48)3-18(10-23)30(49,50)51)24-11-19(31(52,53)54)4-20(12-24)32(55,56)57;1-19(2)21-10-14-24(15-11-21)28(18-26(27)23-8-6-5-7-9-23)25-16-12-22(13-17-25)20(3)4/h1-12H;5-17,19-20H,18H2,1-4H3/q-1;+1. The molecule has 7 rings (SSSR count). The van der Waals surface area contributed by atoms with E-state index in [1.165, 1.54) is 20.9 Å². The van der Waals surface area contributed by atoms with Gasteiger partial charge in [0.1, 0.15) is 6.15 Å². The van der Waals surface area contributed by atoms with Crippen molar-refractivity contribution in [3.63, 3.8) is 0 Å². The molecule has 0 unspecified atom stereocenters. The van der Waals surface area contributed by atoms with Gasteiger partial charge in [0.2, 0.25) is 5.78 Å². The molecule has 0 saturated carbocycles. The molecule has 0 bridgehead atoms. The molecule has 0 aliphatic carbocycles. The summed E-state index contributed by atoms with van der Waals surface area (Å²) in [4.78, 5) is 15.4. The zero-order valence-corrected chi connectivity index (χ0v) is 44.6. The second kappa shape index (κ2) is 24.0. The molecular formula is C58H41BF24OS. The molecule has 0 saturated heterocycles. The van der Waals surface area contributed by atoms with Gasteiger partial charge in [-0.1, -0.05) is 131 Å². The first-order valence-corrected chi connectivity index (χ1v) is 26.0. The van der Waals surface area contributed by atoms with Crippen molar-refractivity contribution in [1.82, 2.24) is 0 Å². The van der Waals surface area contributed by atoms with E-state index in [1.807, 2.05) is 30.3 Å². The Morgan fingerprint density at radius 1 is 0.329 bits per heavy atom. The molecule has 7 aromatic rings. The van der Waals surface area contributed by atoms with Gasteiger partial charge in [-0.15, -0.1) is 0 Å². The number of rotatable bonds is 11. The molecule has 0 aliphatic heterocycles. The number of ketones is 1. The van der Waals surface area contributed by atoms with E-state index in [4.69, 9.17) is 0 Å². The number of halogens is 24. The largest absolute Gasteiger partial charge is 0.416 e. The molecule has 1 nitrogen and oxygen atoms in total. The molecule has 0 radical (unpaired) electrons. The second-order valence-electron chi connectivity index (χ2n) is 20.0. The quantitative estimate of drug-likeness (QED) is 0.0546. The average Bonchev–Trinajstić information content (AvgIpc) is 0.842. The van der Waals surface area contributed by atoms with Crippen molar-refractivity contribution in [2.24, 2.45) is 0 Å². The maximum atomic E-state index is 14.2. The lowest BCUT2D eigenvalue weighted by Gasteiger charge is -2.46. The van der Waals surface area contributed by atoms with Crippen LogP contribution in [0.5, 0.6) is 0 Å². The van der Waals surface area contributed by atoms with Gasteiger partial charge in [-0.25, -0.2) is 0 Å². The fraction of sp³-hybridized carbons (Fsp3) is 0.259. The maximum Gasteiger partial charge on any atom is 0.416 e. The Labute approximate surface area is 471 Å². The summed E-state index contributed by atoms with van der Waals surface area (Å²) in [6.07, 6.45) is -54.8. The summed E-state index contributed by atoms with van der Waals surface area (Å²) < 4.78 is 341. The van der Waals surface area contributed by atoms with Crippen LogP contribution < -0.4 is 21.9 Å². The lowest BCUT2D eigenvalue weighted by Crippen LogP contribution is -2.75. The Bertz CT molecular complexity index is 2990. The number of Topliss-reactive ketones (excluding diaryl/α,β-unsaturated/α-hetero) is 1. The molecule has 0 atom stereocenters. The smallest absolute Gasteiger partial charge is 0.289 e. The molecule has 0 spiro atoms. The predicted octanol–water partition coefficient (Wildman–Crippen LogP) is 18.1. The van der Waals surface area contributed by atoms with Crippen molar-refractivity contribution >= 4 is 44.7 Å². The normalized spacial score (nSPS) is 13.4. The fourth-order valence-corrected chi connectivity index (χ4v) is 11.2. The number of benzene rings is 7. The number of hydrogen-bond donors (Lipinski definition) is 0. The Morgan fingerprint density at radius 2 is 0.541 bits per heavy atom. The van der Waals surface area contributed by atoms with Gasteiger partial charge in [0.25, 0.3) is 0 Å². The summed E-state index contributed by atoms with van der Waals surface area (Å²) in [6, 6.07) is 18.4. The monoisotopic (exact) mass is 1250 g/mol. The molecule has 85 heavy (non-hydrogen) atoms. The van der Waals surface area contributed by atoms with Crippen LogP contribution in [0.15, 0.2) is 161 Å². The third-order valence-electron chi connectivity index (χ3n) is 13.5. The fourth-order valence-electron chi connectivity index (χ4n) is 9.25. The van der Waals surface area contributed by atoms with Crippen molar-refractivity contribution in [2.75, 3.05) is 5.75 Å². The van der Waals surface area contributed by atoms with Crippen LogP contribution in [0.4, 0.5) is 105 Å². The van der Waals surface area contributed by atoms with Gasteiger partial charge in [-0.3, -0.25) is 4.79 Å². The lowest BCUT2D eigenvalue weighted by molar-refractivity contribution is -0.144. The van der Waals surface area contributed by atoms with Gasteiger partial charge in [-0.2, -0.15) is 127 Å². The molecule has 0 fully saturated rings. The van der Waals surface area contributed by atoms with E-state index in [2.05, 4.69) is 76.2 Å². The third-order valence-corrected chi connectivity index (χ3v) is 15.7. The number of hydrogen-bond acceptors (Lipinski definition) is 1. The van der Waals surface area contributed by atoms with Gasteiger partial charge in [0.05, 0.1) is 55.4 Å². The first kappa shape index (κ1) is 67.1. The van der Waals surface area contributed by atoms with Crippen LogP contribution in [0.1, 0.15) is 106 Å². The minimum absolute atomic E-state index is 0.199. The zero-order valence-electron chi connectivity index (χ0n) is 43.8. The molecule has 27 heteroatoms. The average molecular weight is 1250 g/mol. The highest BCUT2D eigenvalue weighted by Crippen LogP contribution is 2.42. The maximum absolute atomic E-state index is 14.2. The molecule has 456 valence electrons. The molecule has 0 aliphatic rings. The molecule has 0 N–H and O–H groups in total. The second-order valence-corrected chi connectivity index (χ2v) is 22.0. The highest BCUT2D eigenvalue weighted by atomic mass is 32.2. The molecule has 7 aromatic carbocycles. The van der Waals surface area contributed by atoms with Crippen molar-refractivity contribution in [1.29, 1.82) is 0 Å². The Kier molecular flexibility index (Phi) is 18.9. The van der Waals surface area contributed by atoms with Crippen LogP contribution >= 0.6 is 0 Å². The van der Waals surface area contributed by atoms with E-state index in [1.54, 1.807) is 0 Å². The van der Waals surface area contributed by atoms with Crippen LogP contribution in [0.25, 0.3) is 0 Å². The van der Waals surface area contributed by atoms with E-state index in [0.29, 0.717) is 17.6 Å². The van der Waals surface area contributed by atoms with Crippen molar-refractivity contribution < 1.29 is 110 Å². The van der Waals surface area contributed by atoms with E-state index >= 15 is 0 Å². The predicted molar refractivity (Wildman–Crippen MR) is 271 cm³/mol. The highest BCUT2D eigenvalue weighted by Gasteiger charge is 2.47. The van der Waals surface area contributed by atoms with Gasteiger partial charge < -0.3 is 0 Å². The van der Waals surface area contributed by atoms with Crippen molar-refractivity contribution in [3.8, 4) is 0 Å². The van der Waals surface area contributed by atoms with Crippen LogP contribution in [-0.4, -0.2) is 17.7 Å². The highest BCUT2D eigenvalue weighted by molar-refractivity contribution is 7.97. The molecule has 0 amide bonds.